The zero-order chi connectivity index (χ0) is 21.9. The predicted molar refractivity (Wildman–Crippen MR) is 111 cm³/mol. The summed E-state index contributed by atoms with van der Waals surface area (Å²) in [5.41, 5.74) is 1.82. The summed E-state index contributed by atoms with van der Waals surface area (Å²) in [5.74, 6) is -0.715. The molecule has 1 fully saturated rings. The summed E-state index contributed by atoms with van der Waals surface area (Å²) in [7, 11) is 0. The van der Waals surface area contributed by atoms with Crippen LogP contribution in [0.5, 0.6) is 0 Å². The van der Waals surface area contributed by atoms with Crippen molar-refractivity contribution >= 4 is 42.4 Å². The van der Waals surface area contributed by atoms with Crippen molar-refractivity contribution in [1.82, 2.24) is 0 Å². The number of aliphatic hydroxyl groups excluding tert-OH is 4. The molecule has 5 atom stereocenters. The van der Waals surface area contributed by atoms with E-state index in [9.17, 15) is 30.0 Å². The van der Waals surface area contributed by atoms with Gasteiger partial charge < -0.3 is 0 Å². The summed E-state index contributed by atoms with van der Waals surface area (Å²) in [6.45, 7) is -0.601. The van der Waals surface area contributed by atoms with Crippen molar-refractivity contribution < 1.29 is 34.8 Å². The SMILES string of the molecule is O=C1/C(=C2/C(=O)N([C@H]3O[C@H](CO)[C@@H](O)[C@H](O)[C@@H]3O)c3ccccc32)[Se]c2ccccc21. The zero-order valence-electron chi connectivity index (χ0n) is 16.1. The molecule has 1 amide bonds. The Kier molecular flexibility index (Phi) is 5.07. The van der Waals surface area contributed by atoms with Gasteiger partial charge in [-0.25, -0.2) is 0 Å². The van der Waals surface area contributed by atoms with E-state index in [4.69, 9.17) is 4.74 Å². The normalized spacial score (nSPS) is 32.4. The number of allylic oxidation sites excluding steroid dienone is 1. The summed E-state index contributed by atoms with van der Waals surface area (Å²) in [6, 6.07) is 14.1. The summed E-state index contributed by atoms with van der Waals surface area (Å²) < 4.78 is 6.96. The number of rotatable bonds is 2. The summed E-state index contributed by atoms with van der Waals surface area (Å²) in [6.07, 6.45) is -7.25. The minimum atomic E-state index is -1.62. The van der Waals surface area contributed by atoms with Crippen molar-refractivity contribution in [3.63, 3.8) is 0 Å². The number of ketones is 1. The van der Waals surface area contributed by atoms with Gasteiger partial charge in [-0.3, -0.25) is 0 Å². The number of nitrogens with zero attached hydrogens (tertiary/aromatic N) is 1. The van der Waals surface area contributed by atoms with Gasteiger partial charge >= 0.3 is 183 Å². The third-order valence-corrected chi connectivity index (χ3v) is 8.22. The molecule has 0 aromatic heterocycles. The van der Waals surface area contributed by atoms with E-state index in [-0.39, 0.29) is 26.3 Å². The molecule has 0 radical (unpaired) electrons. The van der Waals surface area contributed by atoms with E-state index in [2.05, 4.69) is 0 Å². The van der Waals surface area contributed by atoms with E-state index in [0.717, 1.165) is 4.46 Å². The van der Waals surface area contributed by atoms with Gasteiger partial charge in [0.25, 0.3) is 0 Å². The van der Waals surface area contributed by atoms with Gasteiger partial charge in [0.1, 0.15) is 0 Å². The second-order valence-electron chi connectivity index (χ2n) is 7.54. The van der Waals surface area contributed by atoms with Gasteiger partial charge in [-0.05, 0) is 0 Å². The number of aliphatic hydroxyl groups is 4. The first-order valence-corrected chi connectivity index (χ1v) is 11.4. The van der Waals surface area contributed by atoms with E-state index in [1.165, 1.54) is 4.90 Å². The van der Waals surface area contributed by atoms with Crippen molar-refractivity contribution in [2.24, 2.45) is 0 Å². The van der Waals surface area contributed by atoms with Crippen LogP contribution in [-0.2, 0) is 9.53 Å². The standard InChI is InChI=1S/C22H19NO7Se/c24-9-13-17(26)18(27)19(28)22(30-13)23-12-7-3-1-5-10(12)15(21(23)29)20-16(25)11-6-2-4-8-14(11)31-20/h1-8,13,17-19,22,24,26-28H,9H2/b20-15-/t13-,17-,18+,19+,22+/m1/s1. The molecule has 1 saturated heterocycles. The van der Waals surface area contributed by atoms with Gasteiger partial charge in [0.2, 0.25) is 0 Å². The Morgan fingerprint density at radius 3 is 2.29 bits per heavy atom. The Balaban J connectivity index is 1.62. The third-order valence-electron chi connectivity index (χ3n) is 5.76. The molecule has 8 nitrogen and oxygen atoms in total. The van der Waals surface area contributed by atoms with Crippen LogP contribution in [0, 0.1) is 0 Å². The molecular weight excluding hydrogens is 469 g/mol. The summed E-state index contributed by atoms with van der Waals surface area (Å²) >= 11 is -0.364. The fourth-order valence-corrected chi connectivity index (χ4v) is 6.58. The van der Waals surface area contributed by atoms with Crippen molar-refractivity contribution in [1.29, 1.82) is 0 Å². The Morgan fingerprint density at radius 1 is 0.903 bits per heavy atom. The summed E-state index contributed by atoms with van der Waals surface area (Å²) in [4.78, 5) is 27.9. The van der Waals surface area contributed by atoms with Crippen LogP contribution in [0.4, 0.5) is 5.69 Å². The van der Waals surface area contributed by atoms with Gasteiger partial charge in [-0.1, -0.05) is 0 Å². The van der Waals surface area contributed by atoms with Gasteiger partial charge in [-0.15, -0.1) is 0 Å². The molecule has 31 heavy (non-hydrogen) atoms. The molecule has 3 aliphatic rings. The van der Waals surface area contributed by atoms with E-state index in [1.54, 1.807) is 36.4 Å². The molecule has 0 spiro atoms. The Labute approximate surface area is 183 Å². The topological polar surface area (TPSA) is 128 Å². The molecule has 2 aromatic carbocycles. The van der Waals surface area contributed by atoms with Gasteiger partial charge in [0.05, 0.1) is 0 Å². The van der Waals surface area contributed by atoms with Gasteiger partial charge in [-0.2, -0.15) is 0 Å². The summed E-state index contributed by atoms with van der Waals surface area (Å²) in [5, 5.41) is 40.4. The molecule has 160 valence electrons. The van der Waals surface area contributed by atoms with Crippen LogP contribution in [0.2, 0.25) is 0 Å². The number of anilines is 1. The number of benzene rings is 2. The van der Waals surface area contributed by atoms with Crippen LogP contribution >= 0.6 is 0 Å². The minimum absolute atomic E-state index is 0.190. The quantitative estimate of drug-likeness (QED) is 0.308. The predicted octanol–water partition coefficient (Wildman–Crippen LogP) is -1.23. The first kappa shape index (κ1) is 20.5. The zero-order valence-corrected chi connectivity index (χ0v) is 17.8. The van der Waals surface area contributed by atoms with E-state index in [1.807, 2.05) is 12.1 Å². The number of hydrogen-bond acceptors (Lipinski definition) is 7. The van der Waals surface area contributed by atoms with E-state index in [0.29, 0.717) is 21.3 Å². The molecule has 0 bridgehead atoms. The molecule has 3 heterocycles. The fraction of sp³-hybridized carbons (Fsp3) is 0.273. The molecule has 0 aliphatic carbocycles. The Morgan fingerprint density at radius 2 is 1.58 bits per heavy atom. The second kappa shape index (κ2) is 7.65. The molecule has 4 N–H and O–H groups in total. The molecule has 5 rings (SSSR count). The first-order chi connectivity index (χ1) is 14.9. The maximum absolute atomic E-state index is 13.6. The van der Waals surface area contributed by atoms with Crippen LogP contribution in [0.25, 0.3) is 5.57 Å². The fourth-order valence-electron chi connectivity index (χ4n) is 4.19. The Hall–Kier alpha value is -2.36. The van der Waals surface area contributed by atoms with Crippen LogP contribution in [0.15, 0.2) is 53.0 Å². The molecule has 3 aliphatic heterocycles. The molecular formula is C22H19NO7Se. The van der Waals surface area contributed by atoms with E-state index >= 15 is 0 Å². The molecule has 0 unspecified atom stereocenters. The average molecular weight is 488 g/mol. The molecule has 2 aromatic rings. The number of carbonyl (C=O) groups excluding carboxylic acids is 2. The van der Waals surface area contributed by atoms with Crippen molar-refractivity contribution in [3.05, 3.63) is 64.1 Å². The molecule has 0 saturated carbocycles. The van der Waals surface area contributed by atoms with Crippen LogP contribution in [-0.4, -0.2) is 84.3 Å². The number of ether oxygens (including phenoxy) is 1. The number of fused-ring (bicyclic) bond motifs is 2. The number of amides is 1. The van der Waals surface area contributed by atoms with E-state index < -0.39 is 43.2 Å². The second-order valence-corrected chi connectivity index (χ2v) is 9.75. The van der Waals surface area contributed by atoms with Crippen LogP contribution in [0.3, 0.4) is 0 Å². The number of para-hydroxylation sites is 1. The Bertz CT molecular complexity index is 1110. The van der Waals surface area contributed by atoms with Gasteiger partial charge in [0.15, 0.2) is 0 Å². The number of Topliss-reactive ketones (excluding diaryl/α,β-unsaturated/α-hetero) is 1. The van der Waals surface area contributed by atoms with Crippen molar-refractivity contribution in [2.45, 2.75) is 30.6 Å². The monoisotopic (exact) mass is 489 g/mol. The van der Waals surface area contributed by atoms with Crippen molar-refractivity contribution in [3.8, 4) is 0 Å². The first-order valence-electron chi connectivity index (χ1n) is 9.73. The number of carbonyl (C=O) groups is 2. The van der Waals surface area contributed by atoms with Crippen molar-refractivity contribution in [2.75, 3.05) is 11.5 Å². The van der Waals surface area contributed by atoms with Crippen LogP contribution in [0.1, 0.15) is 15.9 Å². The van der Waals surface area contributed by atoms with Gasteiger partial charge in [0, 0.05) is 0 Å². The van der Waals surface area contributed by atoms with Crippen LogP contribution < -0.4 is 9.36 Å². The third kappa shape index (κ3) is 3.01. The molecule has 9 heteroatoms. The maximum atomic E-state index is 13.6. The average Bonchev–Trinajstić information content (AvgIpc) is 3.26. The number of hydrogen-bond donors (Lipinski definition) is 4.